The highest BCUT2D eigenvalue weighted by atomic mass is 16.5. The molecule has 0 unspecified atom stereocenters. The van der Waals surface area contributed by atoms with E-state index in [1.165, 1.54) is 11.3 Å². The van der Waals surface area contributed by atoms with Crippen LogP contribution in [0.1, 0.15) is 44.2 Å². The molecular formula is C24H27N3O2. The fourth-order valence-electron chi connectivity index (χ4n) is 3.90. The van der Waals surface area contributed by atoms with Crippen molar-refractivity contribution >= 4 is 23.4 Å². The zero-order valence-electron chi connectivity index (χ0n) is 17.6. The van der Waals surface area contributed by atoms with Crippen molar-refractivity contribution in [2.24, 2.45) is 0 Å². The molecule has 0 spiro atoms. The first-order chi connectivity index (χ1) is 13.7. The van der Waals surface area contributed by atoms with Crippen molar-refractivity contribution in [1.82, 2.24) is 0 Å². The highest BCUT2D eigenvalue weighted by molar-refractivity contribution is 6.09. The Labute approximate surface area is 172 Å². The van der Waals surface area contributed by atoms with Crippen molar-refractivity contribution in [3.63, 3.8) is 0 Å². The summed E-state index contributed by atoms with van der Waals surface area (Å²) < 4.78 is 5.17. The summed E-state index contributed by atoms with van der Waals surface area (Å²) in [6.45, 7) is 6.72. The summed E-state index contributed by atoms with van der Waals surface area (Å²) in [4.78, 5) is 14.9. The second kappa shape index (κ2) is 8.00. The Bertz CT molecular complexity index is 1000. The van der Waals surface area contributed by atoms with Gasteiger partial charge in [0.1, 0.15) is 17.4 Å². The molecule has 0 bridgehead atoms. The molecule has 5 heteroatoms. The standard InChI is InChI=1S/C24H27N3O2/c1-16-14-24(2,3)27(4)22-10-9-17(12-21(16)22)11-18(15-25)23(28)26-19-7-6-8-20(13-19)29-5/h6-13,16H,14H2,1-5H3,(H,26,28)/b18-11-/t16-/m1/s1. The third-order valence-corrected chi connectivity index (χ3v) is 5.66. The molecule has 0 radical (unpaired) electrons. The zero-order chi connectivity index (χ0) is 21.2. The van der Waals surface area contributed by atoms with Gasteiger partial charge in [-0.3, -0.25) is 4.79 Å². The van der Waals surface area contributed by atoms with Crippen LogP contribution in [0, 0.1) is 11.3 Å². The number of ether oxygens (including phenoxy) is 1. The van der Waals surface area contributed by atoms with E-state index in [9.17, 15) is 10.1 Å². The van der Waals surface area contributed by atoms with Gasteiger partial charge in [0.2, 0.25) is 0 Å². The number of hydrogen-bond donors (Lipinski definition) is 1. The third kappa shape index (κ3) is 4.27. The second-order valence-corrected chi connectivity index (χ2v) is 8.15. The van der Waals surface area contributed by atoms with E-state index in [1.807, 2.05) is 12.1 Å². The average molecular weight is 389 g/mol. The molecule has 2 aromatic carbocycles. The van der Waals surface area contributed by atoms with Crippen molar-refractivity contribution in [2.45, 2.75) is 38.6 Å². The number of benzene rings is 2. The van der Waals surface area contributed by atoms with Crippen LogP contribution in [0.25, 0.3) is 6.08 Å². The van der Waals surface area contributed by atoms with Gasteiger partial charge in [-0.25, -0.2) is 0 Å². The van der Waals surface area contributed by atoms with Gasteiger partial charge in [-0.2, -0.15) is 5.26 Å². The number of rotatable bonds is 4. The molecule has 0 aliphatic carbocycles. The quantitative estimate of drug-likeness (QED) is 0.593. The molecule has 150 valence electrons. The van der Waals surface area contributed by atoms with E-state index in [-0.39, 0.29) is 11.1 Å². The van der Waals surface area contributed by atoms with Gasteiger partial charge in [0, 0.05) is 30.0 Å². The molecule has 0 saturated carbocycles. The van der Waals surface area contributed by atoms with Gasteiger partial charge < -0.3 is 15.0 Å². The summed E-state index contributed by atoms with van der Waals surface area (Å²) >= 11 is 0. The predicted octanol–water partition coefficient (Wildman–Crippen LogP) is 4.96. The predicted molar refractivity (Wildman–Crippen MR) is 117 cm³/mol. The fraction of sp³-hybridized carbons (Fsp3) is 0.333. The molecule has 0 aromatic heterocycles. The Morgan fingerprint density at radius 3 is 2.76 bits per heavy atom. The molecule has 29 heavy (non-hydrogen) atoms. The number of carbonyl (C=O) groups excluding carboxylic acids is 1. The van der Waals surface area contributed by atoms with Crippen LogP contribution in [0.4, 0.5) is 11.4 Å². The lowest BCUT2D eigenvalue weighted by Crippen LogP contribution is -2.45. The first kappa shape index (κ1) is 20.5. The summed E-state index contributed by atoms with van der Waals surface area (Å²) in [6, 6.07) is 15.2. The number of hydrogen-bond acceptors (Lipinski definition) is 4. The Hall–Kier alpha value is -3.26. The molecular weight excluding hydrogens is 362 g/mol. The average Bonchev–Trinajstić information content (AvgIpc) is 2.70. The smallest absolute Gasteiger partial charge is 0.266 e. The normalized spacial score (nSPS) is 17.9. The highest BCUT2D eigenvalue weighted by Crippen LogP contribution is 2.42. The molecule has 3 rings (SSSR count). The van der Waals surface area contributed by atoms with Crippen molar-refractivity contribution in [3.05, 3.63) is 59.2 Å². The number of anilines is 2. The Kier molecular flexibility index (Phi) is 5.65. The lowest BCUT2D eigenvalue weighted by molar-refractivity contribution is -0.112. The van der Waals surface area contributed by atoms with E-state index in [4.69, 9.17) is 4.74 Å². The molecule has 1 aliphatic heterocycles. The Balaban J connectivity index is 1.87. The maximum absolute atomic E-state index is 12.6. The Morgan fingerprint density at radius 2 is 2.07 bits per heavy atom. The lowest BCUT2D eigenvalue weighted by atomic mass is 9.80. The lowest BCUT2D eigenvalue weighted by Gasteiger charge is -2.45. The van der Waals surface area contributed by atoms with Crippen molar-refractivity contribution < 1.29 is 9.53 Å². The first-order valence-electron chi connectivity index (χ1n) is 9.70. The topological polar surface area (TPSA) is 65.4 Å². The molecule has 1 N–H and O–H groups in total. The summed E-state index contributed by atoms with van der Waals surface area (Å²) in [6.07, 6.45) is 2.69. The first-order valence-corrected chi connectivity index (χ1v) is 9.70. The van der Waals surface area contributed by atoms with Crippen LogP contribution in [0.5, 0.6) is 5.75 Å². The number of nitrogens with zero attached hydrogens (tertiary/aromatic N) is 2. The zero-order valence-corrected chi connectivity index (χ0v) is 17.6. The highest BCUT2D eigenvalue weighted by Gasteiger charge is 2.33. The van der Waals surface area contributed by atoms with Gasteiger partial charge in [-0.1, -0.05) is 19.1 Å². The van der Waals surface area contributed by atoms with Crippen LogP contribution >= 0.6 is 0 Å². The number of methoxy groups -OCH3 is 1. The number of nitrogens with one attached hydrogen (secondary N) is 1. The van der Waals surface area contributed by atoms with Gasteiger partial charge in [0.15, 0.2) is 0 Å². The summed E-state index contributed by atoms with van der Waals surface area (Å²) in [7, 11) is 3.68. The minimum absolute atomic E-state index is 0.0601. The van der Waals surface area contributed by atoms with E-state index in [0.29, 0.717) is 17.4 Å². The van der Waals surface area contributed by atoms with Gasteiger partial charge in [-0.05, 0) is 67.7 Å². The maximum atomic E-state index is 12.6. The molecule has 1 aliphatic rings. The Morgan fingerprint density at radius 1 is 1.31 bits per heavy atom. The van der Waals surface area contributed by atoms with Crippen LogP contribution in [0.3, 0.4) is 0 Å². The minimum Gasteiger partial charge on any atom is -0.497 e. The summed E-state index contributed by atoms with van der Waals surface area (Å²) in [5, 5.41) is 12.3. The molecule has 0 saturated heterocycles. The van der Waals surface area contributed by atoms with E-state index < -0.39 is 5.91 Å². The van der Waals surface area contributed by atoms with Gasteiger partial charge in [0.05, 0.1) is 7.11 Å². The van der Waals surface area contributed by atoms with Crippen LogP contribution in [-0.2, 0) is 4.79 Å². The van der Waals surface area contributed by atoms with E-state index >= 15 is 0 Å². The van der Waals surface area contributed by atoms with Crippen LogP contribution in [0.15, 0.2) is 48.0 Å². The van der Waals surface area contributed by atoms with Crippen LogP contribution < -0.4 is 15.0 Å². The van der Waals surface area contributed by atoms with E-state index in [2.05, 4.69) is 50.2 Å². The third-order valence-electron chi connectivity index (χ3n) is 5.66. The summed E-state index contributed by atoms with van der Waals surface area (Å²) in [5.41, 5.74) is 4.03. The molecule has 1 atom stereocenters. The molecule has 5 nitrogen and oxygen atoms in total. The van der Waals surface area contributed by atoms with Gasteiger partial charge in [0.25, 0.3) is 5.91 Å². The number of nitriles is 1. The fourth-order valence-corrected chi connectivity index (χ4v) is 3.90. The minimum atomic E-state index is -0.440. The van der Waals surface area contributed by atoms with Crippen LogP contribution in [0.2, 0.25) is 0 Å². The van der Waals surface area contributed by atoms with Crippen molar-refractivity contribution in [3.8, 4) is 11.8 Å². The van der Waals surface area contributed by atoms with Crippen molar-refractivity contribution in [1.29, 1.82) is 5.26 Å². The molecule has 2 aromatic rings. The van der Waals surface area contributed by atoms with E-state index in [0.717, 1.165) is 12.0 Å². The van der Waals surface area contributed by atoms with Crippen molar-refractivity contribution in [2.75, 3.05) is 24.4 Å². The number of fused-ring (bicyclic) bond motifs is 1. The SMILES string of the molecule is COc1cccc(NC(=O)/C(C#N)=C\c2ccc3c(c2)[C@H](C)CC(C)(C)N3C)c1. The molecule has 0 fully saturated rings. The van der Waals surface area contributed by atoms with Crippen LogP contribution in [-0.4, -0.2) is 25.6 Å². The molecule has 1 amide bonds. The monoisotopic (exact) mass is 389 g/mol. The van der Waals surface area contributed by atoms with Gasteiger partial charge >= 0.3 is 0 Å². The molecule has 1 heterocycles. The van der Waals surface area contributed by atoms with Gasteiger partial charge in [-0.15, -0.1) is 0 Å². The van der Waals surface area contributed by atoms with E-state index in [1.54, 1.807) is 37.5 Å². The second-order valence-electron chi connectivity index (χ2n) is 8.15. The maximum Gasteiger partial charge on any atom is 0.266 e. The number of carbonyl (C=O) groups is 1. The largest absolute Gasteiger partial charge is 0.497 e. The summed E-state index contributed by atoms with van der Waals surface area (Å²) in [5.74, 6) is 0.603. The number of amides is 1.